The summed E-state index contributed by atoms with van der Waals surface area (Å²) in [5.74, 6) is -0.0648. The Labute approximate surface area is 100 Å². The highest BCUT2D eigenvalue weighted by molar-refractivity contribution is 6.30. The molecule has 0 aliphatic heterocycles. The van der Waals surface area contributed by atoms with E-state index in [0.29, 0.717) is 11.6 Å². The fraction of sp³-hybridized carbons (Fsp3) is 0.333. The highest BCUT2D eigenvalue weighted by Crippen LogP contribution is 2.09. The van der Waals surface area contributed by atoms with Crippen LogP contribution >= 0.6 is 11.6 Å². The third kappa shape index (κ3) is 4.81. The standard InChI is InChI=1S/C12H13ClN2O/c1-14-8-7-12(16)15-9-6-10-2-4-11(13)5-3-10/h2-5H,6-9H2,(H,15,16). The average molecular weight is 237 g/mol. The van der Waals surface area contributed by atoms with Crippen LogP contribution in [0.2, 0.25) is 5.02 Å². The molecule has 0 bridgehead atoms. The van der Waals surface area contributed by atoms with E-state index in [1.165, 1.54) is 0 Å². The van der Waals surface area contributed by atoms with Crippen molar-refractivity contribution in [1.82, 2.24) is 5.32 Å². The minimum atomic E-state index is -0.0648. The summed E-state index contributed by atoms with van der Waals surface area (Å²) in [4.78, 5) is 14.3. The summed E-state index contributed by atoms with van der Waals surface area (Å²) in [6.45, 7) is 7.41. The molecule has 16 heavy (non-hydrogen) atoms. The van der Waals surface area contributed by atoms with Crippen molar-refractivity contribution in [1.29, 1.82) is 0 Å². The molecule has 1 aromatic carbocycles. The van der Waals surface area contributed by atoms with Crippen molar-refractivity contribution in [3.05, 3.63) is 46.3 Å². The van der Waals surface area contributed by atoms with Gasteiger partial charge in [0.15, 0.2) is 0 Å². The first-order valence-electron chi connectivity index (χ1n) is 5.06. The molecule has 0 aliphatic rings. The number of benzene rings is 1. The zero-order valence-electron chi connectivity index (χ0n) is 8.87. The van der Waals surface area contributed by atoms with Gasteiger partial charge in [0.05, 0.1) is 6.42 Å². The number of carbonyl (C=O) groups is 1. The molecule has 4 heteroatoms. The molecular weight excluding hydrogens is 224 g/mol. The second kappa shape index (κ2) is 6.86. The van der Waals surface area contributed by atoms with Gasteiger partial charge in [-0.2, -0.15) is 0 Å². The molecule has 0 radical (unpaired) electrons. The number of nitrogens with zero attached hydrogens (tertiary/aromatic N) is 1. The summed E-state index contributed by atoms with van der Waals surface area (Å²) in [6, 6.07) is 7.54. The molecule has 0 aliphatic carbocycles. The van der Waals surface area contributed by atoms with Crippen LogP contribution in [0.4, 0.5) is 0 Å². The van der Waals surface area contributed by atoms with E-state index in [-0.39, 0.29) is 18.9 Å². The Kier molecular flexibility index (Phi) is 5.38. The number of hydrogen-bond acceptors (Lipinski definition) is 1. The van der Waals surface area contributed by atoms with Gasteiger partial charge in [0.25, 0.3) is 0 Å². The lowest BCUT2D eigenvalue weighted by Crippen LogP contribution is -2.25. The lowest BCUT2D eigenvalue weighted by molar-refractivity contribution is -0.120. The smallest absolute Gasteiger partial charge is 0.227 e. The summed E-state index contributed by atoms with van der Waals surface area (Å²) in [6.07, 6.45) is 1.06. The predicted molar refractivity (Wildman–Crippen MR) is 64.3 cm³/mol. The molecular formula is C12H13ClN2O. The number of amides is 1. The van der Waals surface area contributed by atoms with Gasteiger partial charge in [0, 0.05) is 11.6 Å². The molecule has 0 heterocycles. The number of nitrogens with one attached hydrogen (secondary N) is 1. The van der Waals surface area contributed by atoms with Crippen molar-refractivity contribution in [3.63, 3.8) is 0 Å². The Bertz CT molecular complexity index is 381. The van der Waals surface area contributed by atoms with Crippen molar-refractivity contribution in [2.24, 2.45) is 0 Å². The third-order valence-corrected chi connectivity index (χ3v) is 2.35. The molecule has 3 nitrogen and oxygen atoms in total. The molecule has 84 valence electrons. The minimum absolute atomic E-state index is 0.0648. The van der Waals surface area contributed by atoms with E-state index < -0.39 is 0 Å². The van der Waals surface area contributed by atoms with E-state index in [4.69, 9.17) is 18.2 Å². The first-order chi connectivity index (χ1) is 7.72. The van der Waals surface area contributed by atoms with Crippen molar-refractivity contribution < 1.29 is 4.79 Å². The summed E-state index contributed by atoms with van der Waals surface area (Å²) in [7, 11) is 0. The van der Waals surface area contributed by atoms with Gasteiger partial charge in [0.2, 0.25) is 12.5 Å². The van der Waals surface area contributed by atoms with Crippen LogP contribution in [0.3, 0.4) is 0 Å². The monoisotopic (exact) mass is 236 g/mol. The molecule has 0 fully saturated rings. The van der Waals surface area contributed by atoms with E-state index in [1.807, 2.05) is 24.3 Å². The first-order valence-corrected chi connectivity index (χ1v) is 5.44. The van der Waals surface area contributed by atoms with Crippen molar-refractivity contribution >= 4 is 17.5 Å². The molecule has 0 spiro atoms. The molecule has 1 aromatic rings. The summed E-state index contributed by atoms with van der Waals surface area (Å²) >= 11 is 5.76. The van der Waals surface area contributed by atoms with Crippen LogP contribution in [-0.2, 0) is 11.2 Å². The van der Waals surface area contributed by atoms with E-state index in [1.54, 1.807) is 0 Å². The summed E-state index contributed by atoms with van der Waals surface area (Å²) in [5.41, 5.74) is 1.13. The zero-order valence-corrected chi connectivity index (χ0v) is 9.63. The largest absolute Gasteiger partial charge is 0.356 e. The van der Waals surface area contributed by atoms with Gasteiger partial charge >= 0.3 is 0 Å². The SMILES string of the molecule is [C-]#[N+]CCC(=O)NCCc1ccc(Cl)cc1. The third-order valence-electron chi connectivity index (χ3n) is 2.10. The fourth-order valence-corrected chi connectivity index (χ4v) is 1.37. The normalized spacial score (nSPS) is 9.50. The summed E-state index contributed by atoms with van der Waals surface area (Å²) in [5, 5.41) is 3.48. The maximum atomic E-state index is 11.2. The summed E-state index contributed by atoms with van der Waals surface area (Å²) < 4.78 is 0. The second-order valence-electron chi connectivity index (χ2n) is 3.36. The Morgan fingerprint density at radius 1 is 1.38 bits per heavy atom. The molecule has 1 N–H and O–H groups in total. The Morgan fingerprint density at radius 2 is 2.06 bits per heavy atom. The quantitative estimate of drug-likeness (QED) is 0.782. The lowest BCUT2D eigenvalue weighted by Gasteiger charge is -2.03. The topological polar surface area (TPSA) is 33.5 Å². The van der Waals surface area contributed by atoms with Crippen molar-refractivity contribution in [3.8, 4) is 0 Å². The average Bonchev–Trinajstić information content (AvgIpc) is 2.29. The lowest BCUT2D eigenvalue weighted by atomic mass is 10.1. The van der Waals surface area contributed by atoms with Gasteiger partial charge in [-0.15, -0.1) is 0 Å². The Balaban J connectivity index is 2.23. The fourth-order valence-electron chi connectivity index (χ4n) is 1.24. The Hall–Kier alpha value is -1.53. The van der Waals surface area contributed by atoms with Crippen LogP contribution in [0.25, 0.3) is 4.85 Å². The van der Waals surface area contributed by atoms with E-state index in [2.05, 4.69) is 10.2 Å². The van der Waals surface area contributed by atoms with Crippen LogP contribution in [0.1, 0.15) is 12.0 Å². The maximum absolute atomic E-state index is 11.2. The van der Waals surface area contributed by atoms with E-state index in [0.717, 1.165) is 12.0 Å². The number of halogens is 1. The van der Waals surface area contributed by atoms with Crippen LogP contribution in [0, 0.1) is 6.57 Å². The van der Waals surface area contributed by atoms with Crippen LogP contribution in [0.5, 0.6) is 0 Å². The van der Waals surface area contributed by atoms with E-state index >= 15 is 0 Å². The molecule has 0 saturated carbocycles. The van der Waals surface area contributed by atoms with Crippen LogP contribution in [-0.4, -0.2) is 19.0 Å². The highest BCUT2D eigenvalue weighted by Gasteiger charge is 2.01. The maximum Gasteiger partial charge on any atom is 0.227 e. The molecule has 0 saturated heterocycles. The molecule has 1 rings (SSSR count). The Morgan fingerprint density at radius 3 is 2.69 bits per heavy atom. The molecule has 1 amide bonds. The van der Waals surface area contributed by atoms with Crippen LogP contribution < -0.4 is 5.32 Å². The van der Waals surface area contributed by atoms with Gasteiger partial charge in [-0.1, -0.05) is 23.7 Å². The zero-order chi connectivity index (χ0) is 11.8. The molecule has 0 aromatic heterocycles. The number of hydrogen-bond donors (Lipinski definition) is 1. The second-order valence-corrected chi connectivity index (χ2v) is 3.79. The van der Waals surface area contributed by atoms with Gasteiger partial charge in [0.1, 0.15) is 0 Å². The van der Waals surface area contributed by atoms with Gasteiger partial charge in [-0.3, -0.25) is 4.79 Å². The van der Waals surface area contributed by atoms with Gasteiger partial charge in [-0.05, 0) is 24.1 Å². The van der Waals surface area contributed by atoms with Crippen LogP contribution in [0.15, 0.2) is 24.3 Å². The van der Waals surface area contributed by atoms with Gasteiger partial charge in [-0.25, -0.2) is 6.57 Å². The van der Waals surface area contributed by atoms with E-state index in [9.17, 15) is 4.79 Å². The first kappa shape index (κ1) is 12.5. The number of rotatable bonds is 5. The predicted octanol–water partition coefficient (Wildman–Crippen LogP) is 2.31. The van der Waals surface area contributed by atoms with Gasteiger partial charge < -0.3 is 10.2 Å². The highest BCUT2D eigenvalue weighted by atomic mass is 35.5. The molecule has 0 atom stereocenters. The molecule has 0 unspecified atom stereocenters. The van der Waals surface area contributed by atoms with Crippen molar-refractivity contribution in [2.75, 3.05) is 13.1 Å². The van der Waals surface area contributed by atoms with Crippen molar-refractivity contribution in [2.45, 2.75) is 12.8 Å². The minimum Gasteiger partial charge on any atom is -0.356 e. The number of carbonyl (C=O) groups excluding carboxylic acids is 1.